The minimum absolute atomic E-state index is 0.0336. The predicted octanol–water partition coefficient (Wildman–Crippen LogP) is 4.71. The lowest BCUT2D eigenvalue weighted by Gasteiger charge is -2.23. The van der Waals surface area contributed by atoms with Gasteiger partial charge in [-0.25, -0.2) is 0 Å². The van der Waals surface area contributed by atoms with Crippen molar-refractivity contribution in [1.29, 1.82) is 0 Å². The number of rotatable bonds is 10. The van der Waals surface area contributed by atoms with E-state index in [-0.39, 0.29) is 44.5 Å². The highest BCUT2D eigenvalue weighted by Gasteiger charge is 2.26. The fourth-order valence-corrected chi connectivity index (χ4v) is 3.90. The van der Waals surface area contributed by atoms with Crippen LogP contribution in [0.5, 0.6) is 0 Å². The molecular weight excluding hydrogens is 507 g/mol. The average molecular weight is 533 g/mol. The molecule has 36 heavy (non-hydrogen) atoms. The molecule has 0 saturated heterocycles. The molecule has 4 N–H and O–H groups in total. The van der Waals surface area contributed by atoms with Crippen LogP contribution < -0.4 is 26.8 Å². The van der Waals surface area contributed by atoms with Crippen molar-refractivity contribution in [3.8, 4) is 0 Å². The highest BCUT2D eigenvalue weighted by molar-refractivity contribution is 6.39. The van der Waals surface area contributed by atoms with E-state index in [2.05, 4.69) is 41.7 Å². The van der Waals surface area contributed by atoms with Crippen molar-refractivity contribution >= 4 is 52.1 Å². The Balaban J connectivity index is 1.77. The van der Waals surface area contributed by atoms with Crippen LogP contribution in [0.2, 0.25) is 10.0 Å². The molecule has 3 aromatic rings. The number of carbonyl (C=O) groups is 2. The number of aromatic nitrogens is 1. The number of carboxylic acids is 1. The summed E-state index contributed by atoms with van der Waals surface area (Å²) in [5.41, 5.74) is -0.0823. The Morgan fingerprint density at radius 3 is 2.11 bits per heavy atom. The topological polar surface area (TPSA) is 137 Å². The lowest BCUT2D eigenvalue weighted by atomic mass is 9.92. The number of carbonyl (C=O) groups excluding carboxylic acids is 1. The fraction of sp³-hybridized carbons (Fsp3) is 0.320. The highest BCUT2D eigenvalue weighted by atomic mass is 35.5. The molecule has 190 valence electrons. The molecule has 11 heteroatoms. The Morgan fingerprint density at radius 1 is 0.972 bits per heavy atom. The molecular formula is C25H26Cl2N4O5. The zero-order valence-corrected chi connectivity index (χ0v) is 21.5. The van der Waals surface area contributed by atoms with Crippen LogP contribution >= 0.6 is 23.2 Å². The van der Waals surface area contributed by atoms with E-state index < -0.39 is 28.8 Å². The zero-order valence-electron chi connectivity index (χ0n) is 19.9. The molecule has 1 aromatic heterocycles. The maximum absolute atomic E-state index is 12.6. The van der Waals surface area contributed by atoms with Crippen molar-refractivity contribution in [2.75, 3.05) is 22.5 Å². The second-order valence-electron chi connectivity index (χ2n) is 9.49. The summed E-state index contributed by atoms with van der Waals surface area (Å²) in [5, 5.41) is 18.3. The molecule has 9 nitrogen and oxygen atoms in total. The van der Waals surface area contributed by atoms with Crippen LogP contribution in [-0.4, -0.2) is 28.5 Å². The Bertz CT molecular complexity index is 1320. The van der Waals surface area contributed by atoms with E-state index in [9.17, 15) is 24.3 Å². The first-order chi connectivity index (χ1) is 16.9. The smallest absolute Gasteiger partial charge is 0.305 e. The average Bonchev–Trinajstić information content (AvgIpc) is 2.81. The highest BCUT2D eigenvalue weighted by Crippen LogP contribution is 2.30. The van der Waals surface area contributed by atoms with Crippen molar-refractivity contribution in [3.63, 3.8) is 0 Å². The Kier molecular flexibility index (Phi) is 8.37. The molecule has 1 amide bonds. The number of amides is 1. The Morgan fingerprint density at radius 2 is 1.56 bits per heavy atom. The summed E-state index contributed by atoms with van der Waals surface area (Å²) in [7, 11) is 0. The lowest BCUT2D eigenvalue weighted by Crippen LogP contribution is -2.38. The van der Waals surface area contributed by atoms with Gasteiger partial charge >= 0.3 is 5.97 Å². The van der Waals surface area contributed by atoms with Crippen molar-refractivity contribution in [2.24, 2.45) is 5.41 Å². The van der Waals surface area contributed by atoms with Gasteiger partial charge in [-0.1, -0.05) is 56.1 Å². The molecule has 0 saturated carbocycles. The van der Waals surface area contributed by atoms with Crippen LogP contribution in [0, 0.1) is 5.41 Å². The van der Waals surface area contributed by atoms with Crippen LogP contribution in [0.15, 0.2) is 46.2 Å². The molecule has 1 heterocycles. The zero-order chi connectivity index (χ0) is 26.6. The monoisotopic (exact) mass is 532 g/mol. The number of benzene rings is 1. The van der Waals surface area contributed by atoms with Crippen LogP contribution in [-0.2, 0) is 4.79 Å². The van der Waals surface area contributed by atoms with E-state index in [1.165, 1.54) is 24.5 Å². The second-order valence-corrected chi connectivity index (χ2v) is 10.3. The van der Waals surface area contributed by atoms with Crippen molar-refractivity contribution in [2.45, 2.75) is 39.7 Å². The standard InChI is InChI=1S/C25H26Cl2N4O5/c1-25(2,3)8-9-29-20-21(23(35)22(20)34)30-17(10-18(32)33)13-4-6-14(7-5-13)24(36)31-19-15(26)11-28-12-16(19)27/h4-7,11-12,17,29-30H,8-10H2,1-3H3,(H,32,33)(H,28,31,36). The van der Waals surface area contributed by atoms with E-state index >= 15 is 0 Å². The van der Waals surface area contributed by atoms with Gasteiger partial charge in [-0.15, -0.1) is 0 Å². The first-order valence-electron chi connectivity index (χ1n) is 11.1. The van der Waals surface area contributed by atoms with Crippen LogP contribution in [0.25, 0.3) is 0 Å². The number of nitrogens with one attached hydrogen (secondary N) is 3. The molecule has 0 spiro atoms. The molecule has 0 aliphatic carbocycles. The third kappa shape index (κ3) is 6.61. The third-order valence-electron chi connectivity index (χ3n) is 5.45. The van der Waals surface area contributed by atoms with Gasteiger partial charge < -0.3 is 21.1 Å². The van der Waals surface area contributed by atoms with Gasteiger partial charge in [0.25, 0.3) is 16.8 Å². The summed E-state index contributed by atoms with van der Waals surface area (Å²) in [6, 6.07) is 5.35. The molecule has 3 rings (SSSR count). The van der Waals surface area contributed by atoms with Gasteiger partial charge in [0, 0.05) is 24.5 Å². The number of hydrogen-bond donors (Lipinski definition) is 4. The van der Waals surface area contributed by atoms with E-state index in [1.807, 2.05) is 0 Å². The summed E-state index contributed by atoms with van der Waals surface area (Å²) < 4.78 is 0. The van der Waals surface area contributed by atoms with E-state index in [1.54, 1.807) is 12.1 Å². The maximum atomic E-state index is 12.6. The number of aliphatic carboxylic acids is 1. The van der Waals surface area contributed by atoms with Crippen molar-refractivity contribution in [3.05, 3.63) is 78.3 Å². The molecule has 0 fully saturated rings. The fourth-order valence-electron chi connectivity index (χ4n) is 3.44. The summed E-state index contributed by atoms with van der Waals surface area (Å²) in [5.74, 6) is -1.58. The number of halogens is 2. The number of nitrogens with zero attached hydrogens (tertiary/aromatic N) is 1. The van der Waals surface area contributed by atoms with Crippen molar-refractivity contribution < 1.29 is 14.7 Å². The Labute approximate surface area is 217 Å². The molecule has 1 atom stereocenters. The normalized spacial score (nSPS) is 12.2. The molecule has 0 radical (unpaired) electrons. The lowest BCUT2D eigenvalue weighted by molar-refractivity contribution is -0.137. The van der Waals surface area contributed by atoms with Crippen molar-refractivity contribution in [1.82, 2.24) is 4.98 Å². The quantitative estimate of drug-likeness (QED) is 0.275. The van der Waals surface area contributed by atoms with Gasteiger partial charge in [0.2, 0.25) is 0 Å². The number of pyridine rings is 1. The van der Waals surface area contributed by atoms with Gasteiger partial charge in [0.1, 0.15) is 11.4 Å². The number of hydrogen-bond acceptors (Lipinski definition) is 7. The molecule has 1 unspecified atom stereocenters. The minimum Gasteiger partial charge on any atom is -0.481 e. The number of anilines is 3. The molecule has 0 aliphatic heterocycles. The second kappa shape index (κ2) is 11.1. The van der Waals surface area contributed by atoms with Gasteiger partial charge in [-0.2, -0.15) is 0 Å². The van der Waals surface area contributed by atoms with E-state index in [0.717, 1.165) is 6.42 Å². The number of carboxylic acid groups (broad SMARTS) is 1. The summed E-state index contributed by atoms with van der Waals surface area (Å²) in [6.07, 6.45) is 3.11. The van der Waals surface area contributed by atoms with E-state index in [4.69, 9.17) is 23.2 Å². The van der Waals surface area contributed by atoms with Gasteiger partial charge in [0.05, 0.1) is 28.2 Å². The molecule has 0 bridgehead atoms. The first kappa shape index (κ1) is 27.2. The van der Waals surface area contributed by atoms with E-state index in [0.29, 0.717) is 12.1 Å². The summed E-state index contributed by atoms with van der Waals surface area (Å²) in [6.45, 7) is 6.66. The third-order valence-corrected chi connectivity index (χ3v) is 6.02. The minimum atomic E-state index is -1.10. The molecule has 0 aliphatic rings. The first-order valence-corrected chi connectivity index (χ1v) is 11.9. The van der Waals surface area contributed by atoms with Crippen LogP contribution in [0.3, 0.4) is 0 Å². The maximum Gasteiger partial charge on any atom is 0.305 e. The molecule has 2 aromatic carbocycles. The largest absolute Gasteiger partial charge is 0.481 e. The SMILES string of the molecule is CC(C)(C)CCNc1c(NC(CC(=O)O)c2ccc(C(=O)Nc3c(Cl)cncc3Cl)cc2)c(=O)c1=O. The Hall–Kier alpha value is -3.43. The summed E-state index contributed by atoms with van der Waals surface area (Å²) >= 11 is 12.1. The summed E-state index contributed by atoms with van der Waals surface area (Å²) in [4.78, 5) is 52.3. The van der Waals surface area contributed by atoms with Gasteiger partial charge in [0.15, 0.2) is 0 Å². The van der Waals surface area contributed by atoms with Crippen LogP contribution in [0.4, 0.5) is 17.1 Å². The predicted molar refractivity (Wildman–Crippen MR) is 141 cm³/mol. The van der Waals surface area contributed by atoms with Gasteiger partial charge in [-0.3, -0.25) is 24.2 Å². The van der Waals surface area contributed by atoms with Gasteiger partial charge in [-0.05, 0) is 29.5 Å². The van der Waals surface area contributed by atoms with Crippen LogP contribution in [0.1, 0.15) is 55.6 Å².